The average Bonchev–Trinajstić information content (AvgIpc) is 2.04. The van der Waals surface area contributed by atoms with Crippen LogP contribution in [0.4, 0.5) is 0 Å². The third kappa shape index (κ3) is 1.44. The lowest BCUT2D eigenvalue weighted by atomic mass is 10.3. The molecule has 0 radical (unpaired) electrons. The quantitative estimate of drug-likeness (QED) is 0.595. The Bertz CT molecular complexity index is 303. The average molecular weight is 168 g/mol. The summed E-state index contributed by atoms with van der Waals surface area (Å²) < 4.78 is 4.95. The number of methoxy groups -OCH3 is 1. The standard InChI is InChI=1S/C8H6ClNO/c1-3-6-4-10-5-7(9)8(6)11-2/h1,4-5H,2H3. The Kier molecular flexibility index (Phi) is 2.35. The van der Waals surface area contributed by atoms with Gasteiger partial charge in [0.1, 0.15) is 5.02 Å². The van der Waals surface area contributed by atoms with Crippen LogP contribution < -0.4 is 4.74 Å². The maximum Gasteiger partial charge on any atom is 0.156 e. The molecule has 0 bridgehead atoms. The maximum absolute atomic E-state index is 5.73. The van der Waals surface area contributed by atoms with Crippen LogP contribution in [0.25, 0.3) is 0 Å². The van der Waals surface area contributed by atoms with Gasteiger partial charge in [-0.1, -0.05) is 17.5 Å². The summed E-state index contributed by atoms with van der Waals surface area (Å²) >= 11 is 5.73. The highest BCUT2D eigenvalue weighted by Crippen LogP contribution is 2.25. The first-order valence-electron chi connectivity index (χ1n) is 2.93. The Labute approximate surface area is 70.2 Å². The van der Waals surface area contributed by atoms with Gasteiger partial charge in [0.2, 0.25) is 0 Å². The molecule has 0 aliphatic carbocycles. The topological polar surface area (TPSA) is 22.1 Å². The molecule has 0 saturated carbocycles. The van der Waals surface area contributed by atoms with Gasteiger partial charge in [0.15, 0.2) is 5.75 Å². The minimum absolute atomic E-state index is 0.433. The Morgan fingerprint density at radius 2 is 2.36 bits per heavy atom. The van der Waals surface area contributed by atoms with Gasteiger partial charge in [-0.3, -0.25) is 4.98 Å². The summed E-state index contributed by atoms with van der Waals surface area (Å²) in [4.78, 5) is 3.81. The number of pyridine rings is 1. The molecule has 1 aromatic rings. The second kappa shape index (κ2) is 3.27. The van der Waals surface area contributed by atoms with E-state index in [9.17, 15) is 0 Å². The Morgan fingerprint density at radius 3 is 2.82 bits per heavy atom. The molecule has 0 aliphatic heterocycles. The molecule has 0 fully saturated rings. The minimum atomic E-state index is 0.433. The van der Waals surface area contributed by atoms with Gasteiger partial charge in [0.25, 0.3) is 0 Å². The molecule has 11 heavy (non-hydrogen) atoms. The molecule has 1 aromatic heterocycles. The zero-order chi connectivity index (χ0) is 8.27. The van der Waals surface area contributed by atoms with E-state index in [0.717, 1.165) is 0 Å². The summed E-state index contributed by atoms with van der Waals surface area (Å²) in [5, 5.41) is 0.433. The second-order valence-corrected chi connectivity index (χ2v) is 2.25. The Morgan fingerprint density at radius 1 is 1.64 bits per heavy atom. The van der Waals surface area contributed by atoms with Crippen LogP contribution >= 0.6 is 11.6 Å². The summed E-state index contributed by atoms with van der Waals surface area (Å²) in [7, 11) is 1.52. The minimum Gasteiger partial charge on any atom is -0.494 e. The van der Waals surface area contributed by atoms with Crippen molar-refractivity contribution in [1.82, 2.24) is 4.98 Å². The maximum atomic E-state index is 5.73. The van der Waals surface area contributed by atoms with Crippen molar-refractivity contribution in [3.63, 3.8) is 0 Å². The summed E-state index contributed by atoms with van der Waals surface area (Å²) in [6, 6.07) is 0. The highest BCUT2D eigenvalue weighted by molar-refractivity contribution is 6.32. The van der Waals surface area contributed by atoms with E-state index in [0.29, 0.717) is 16.3 Å². The molecule has 0 amide bonds. The lowest BCUT2D eigenvalue weighted by Gasteiger charge is -2.03. The molecule has 1 heterocycles. The van der Waals surface area contributed by atoms with Gasteiger partial charge in [-0.15, -0.1) is 6.42 Å². The molecule has 2 nitrogen and oxygen atoms in total. The van der Waals surface area contributed by atoms with Crippen molar-refractivity contribution >= 4 is 11.6 Å². The van der Waals surface area contributed by atoms with Gasteiger partial charge >= 0.3 is 0 Å². The fraction of sp³-hybridized carbons (Fsp3) is 0.125. The van der Waals surface area contributed by atoms with Gasteiger partial charge in [-0.25, -0.2) is 0 Å². The van der Waals surface area contributed by atoms with E-state index in [1.807, 2.05) is 0 Å². The number of rotatable bonds is 1. The van der Waals surface area contributed by atoms with Crippen LogP contribution in [-0.4, -0.2) is 12.1 Å². The van der Waals surface area contributed by atoms with Crippen molar-refractivity contribution < 1.29 is 4.74 Å². The largest absolute Gasteiger partial charge is 0.494 e. The van der Waals surface area contributed by atoms with Gasteiger partial charge in [-0.05, 0) is 0 Å². The number of ether oxygens (including phenoxy) is 1. The number of nitrogens with zero attached hydrogens (tertiary/aromatic N) is 1. The highest BCUT2D eigenvalue weighted by Gasteiger charge is 2.04. The summed E-state index contributed by atoms with van der Waals surface area (Å²) in [6.07, 6.45) is 8.19. The highest BCUT2D eigenvalue weighted by atomic mass is 35.5. The number of hydrogen-bond acceptors (Lipinski definition) is 2. The lowest BCUT2D eigenvalue weighted by molar-refractivity contribution is 0.413. The summed E-state index contributed by atoms with van der Waals surface area (Å²) in [5.74, 6) is 2.92. The normalized spacial score (nSPS) is 8.82. The zero-order valence-corrected chi connectivity index (χ0v) is 6.72. The molecule has 0 unspecified atom stereocenters. The van der Waals surface area contributed by atoms with Crippen molar-refractivity contribution in [3.05, 3.63) is 23.0 Å². The van der Waals surface area contributed by atoms with Crippen molar-refractivity contribution in [2.24, 2.45) is 0 Å². The fourth-order valence-corrected chi connectivity index (χ4v) is 0.969. The molecular weight excluding hydrogens is 162 g/mol. The summed E-state index contributed by atoms with van der Waals surface area (Å²) in [5.41, 5.74) is 0.569. The van der Waals surface area contributed by atoms with Gasteiger partial charge in [0.05, 0.1) is 12.7 Å². The van der Waals surface area contributed by atoms with Crippen LogP contribution in [0.5, 0.6) is 5.75 Å². The number of hydrogen-bond donors (Lipinski definition) is 0. The number of terminal acetylenes is 1. The molecule has 0 N–H and O–H groups in total. The SMILES string of the molecule is C#Cc1cncc(Cl)c1OC. The second-order valence-electron chi connectivity index (χ2n) is 1.85. The predicted octanol–water partition coefficient (Wildman–Crippen LogP) is 1.72. The van der Waals surface area contributed by atoms with Crippen molar-refractivity contribution in [2.75, 3.05) is 7.11 Å². The van der Waals surface area contributed by atoms with Gasteiger partial charge in [0, 0.05) is 12.4 Å². The number of aromatic nitrogens is 1. The van der Waals surface area contributed by atoms with Crippen LogP contribution in [0.2, 0.25) is 5.02 Å². The van der Waals surface area contributed by atoms with Crippen LogP contribution in [-0.2, 0) is 0 Å². The first-order chi connectivity index (χ1) is 5.29. The first-order valence-corrected chi connectivity index (χ1v) is 3.31. The van der Waals surface area contributed by atoms with Crippen molar-refractivity contribution in [3.8, 4) is 18.1 Å². The first kappa shape index (κ1) is 7.90. The lowest BCUT2D eigenvalue weighted by Crippen LogP contribution is -1.89. The predicted molar refractivity (Wildman–Crippen MR) is 43.7 cm³/mol. The Hall–Kier alpha value is -1.20. The third-order valence-electron chi connectivity index (χ3n) is 1.21. The van der Waals surface area contributed by atoms with Crippen LogP contribution in [0.1, 0.15) is 5.56 Å². The number of halogens is 1. The van der Waals surface area contributed by atoms with E-state index in [2.05, 4.69) is 10.9 Å². The van der Waals surface area contributed by atoms with E-state index >= 15 is 0 Å². The molecule has 1 rings (SSSR count). The van der Waals surface area contributed by atoms with Crippen LogP contribution in [0.3, 0.4) is 0 Å². The van der Waals surface area contributed by atoms with E-state index in [-0.39, 0.29) is 0 Å². The van der Waals surface area contributed by atoms with Crippen LogP contribution in [0.15, 0.2) is 12.4 Å². The smallest absolute Gasteiger partial charge is 0.156 e. The fourth-order valence-electron chi connectivity index (χ4n) is 0.733. The van der Waals surface area contributed by atoms with Crippen molar-refractivity contribution in [2.45, 2.75) is 0 Å². The molecular formula is C8H6ClNO. The third-order valence-corrected chi connectivity index (χ3v) is 1.48. The molecule has 0 aromatic carbocycles. The molecule has 0 atom stereocenters. The van der Waals surface area contributed by atoms with Gasteiger partial charge in [-0.2, -0.15) is 0 Å². The monoisotopic (exact) mass is 167 g/mol. The zero-order valence-electron chi connectivity index (χ0n) is 5.97. The van der Waals surface area contributed by atoms with E-state index in [1.54, 1.807) is 0 Å². The van der Waals surface area contributed by atoms with Crippen LogP contribution in [0, 0.1) is 12.3 Å². The molecule has 0 aliphatic rings. The van der Waals surface area contributed by atoms with Gasteiger partial charge < -0.3 is 4.74 Å². The Balaban J connectivity index is 3.27. The van der Waals surface area contributed by atoms with E-state index in [4.69, 9.17) is 22.8 Å². The van der Waals surface area contributed by atoms with Crippen molar-refractivity contribution in [1.29, 1.82) is 0 Å². The van der Waals surface area contributed by atoms with E-state index < -0.39 is 0 Å². The molecule has 56 valence electrons. The van der Waals surface area contributed by atoms with E-state index in [1.165, 1.54) is 19.5 Å². The molecule has 0 saturated heterocycles. The summed E-state index contributed by atoms with van der Waals surface area (Å²) in [6.45, 7) is 0. The molecule has 3 heteroatoms. The molecule has 0 spiro atoms.